The first-order valence-corrected chi connectivity index (χ1v) is 5.39. The molecule has 80 valence electrons. The van der Waals surface area contributed by atoms with Crippen molar-refractivity contribution in [2.75, 3.05) is 0 Å². The van der Waals surface area contributed by atoms with E-state index < -0.39 is 0 Å². The molecule has 0 nitrogen and oxygen atoms in total. The Balaban J connectivity index is -0.000000196. The van der Waals surface area contributed by atoms with Crippen molar-refractivity contribution in [3.8, 4) is 0 Å². The molecule has 2 aliphatic rings. The summed E-state index contributed by atoms with van der Waals surface area (Å²) in [5.41, 5.74) is 2.72. The van der Waals surface area contributed by atoms with Crippen molar-refractivity contribution in [3.63, 3.8) is 0 Å². The summed E-state index contributed by atoms with van der Waals surface area (Å²) in [5, 5.41) is 0. The predicted molar refractivity (Wildman–Crippen MR) is 63.8 cm³/mol. The zero-order valence-corrected chi connectivity index (χ0v) is 12.1. The molecule has 0 amide bonds. The van der Waals surface area contributed by atoms with Gasteiger partial charge >= 0.3 is 26.2 Å². The first-order valence-electron chi connectivity index (χ1n) is 5.39. The summed E-state index contributed by atoms with van der Waals surface area (Å²) in [6.07, 6.45) is 19.3. The topological polar surface area (TPSA) is 0 Å². The fourth-order valence-electron chi connectivity index (χ4n) is 1.39. The zero-order chi connectivity index (χ0) is 10.2. The molecule has 0 aromatic heterocycles. The Morgan fingerprint density at radius 2 is 1.40 bits per heavy atom. The zero-order valence-electron chi connectivity index (χ0n) is 11.6. The van der Waals surface area contributed by atoms with Crippen LogP contribution in [0.15, 0.2) is 35.5 Å². The second-order valence-corrected chi connectivity index (χ2v) is 3.32. The Bertz CT molecular complexity index is 259. The van der Waals surface area contributed by atoms with E-state index in [0.717, 1.165) is 25.7 Å². The number of hydrogen-bond donors (Lipinski definition) is 0. The van der Waals surface area contributed by atoms with Crippen LogP contribution in [-0.4, -0.2) is 0 Å². The van der Waals surface area contributed by atoms with E-state index in [0.29, 0.717) is 0 Å². The van der Waals surface area contributed by atoms with Gasteiger partial charge in [-0.15, -0.1) is 12.8 Å². The molecule has 0 fully saturated rings. The third-order valence-electron chi connectivity index (χ3n) is 2.29. The van der Waals surface area contributed by atoms with Gasteiger partial charge in [-0.1, -0.05) is 26.7 Å². The van der Waals surface area contributed by atoms with Crippen molar-refractivity contribution >= 4 is 0 Å². The van der Waals surface area contributed by atoms with E-state index in [1.807, 2.05) is 0 Å². The Labute approximate surface area is 116 Å². The van der Waals surface area contributed by atoms with Crippen molar-refractivity contribution in [2.24, 2.45) is 0 Å². The van der Waals surface area contributed by atoms with Crippen molar-refractivity contribution in [3.05, 3.63) is 47.6 Å². The molecule has 0 heterocycles. The second-order valence-electron chi connectivity index (χ2n) is 3.32. The van der Waals surface area contributed by atoms with E-state index in [9.17, 15) is 0 Å². The monoisotopic (exact) mass is 278 g/mol. The molecule has 1 heteroatoms. The molecule has 0 aliphatic heterocycles. The van der Waals surface area contributed by atoms with Gasteiger partial charge in [-0.3, -0.25) is 12.2 Å². The molecule has 0 spiro atoms. The minimum atomic E-state index is 0. The largest absolute Gasteiger partial charge is 4.00 e. The van der Waals surface area contributed by atoms with Crippen molar-refractivity contribution in [1.29, 1.82) is 0 Å². The Hall–Kier alpha value is -0.157. The molecule has 0 N–H and O–H groups in total. The van der Waals surface area contributed by atoms with Crippen LogP contribution in [0.2, 0.25) is 0 Å². The van der Waals surface area contributed by atoms with E-state index in [2.05, 4.69) is 50.3 Å². The van der Waals surface area contributed by atoms with Crippen LogP contribution in [-0.2, 0) is 26.2 Å². The van der Waals surface area contributed by atoms with Gasteiger partial charge in [-0.2, -0.15) is 12.2 Å². The minimum absolute atomic E-state index is 0. The molecule has 0 unspecified atom stereocenters. The van der Waals surface area contributed by atoms with Gasteiger partial charge in [0.2, 0.25) is 0 Å². The van der Waals surface area contributed by atoms with Gasteiger partial charge in [0.05, 0.1) is 0 Å². The summed E-state index contributed by atoms with van der Waals surface area (Å²) in [6.45, 7) is 4.30. The molecule has 0 saturated carbocycles. The maximum atomic E-state index is 3.21. The average molecular weight is 280 g/mol. The van der Waals surface area contributed by atoms with E-state index in [4.69, 9.17) is 0 Å². The second kappa shape index (κ2) is 9.10. The van der Waals surface area contributed by atoms with E-state index in [1.165, 1.54) is 11.1 Å². The van der Waals surface area contributed by atoms with Gasteiger partial charge in [-0.25, -0.2) is 23.3 Å². The molecule has 0 aromatic carbocycles. The summed E-state index contributed by atoms with van der Waals surface area (Å²) >= 11 is 0. The van der Waals surface area contributed by atoms with E-state index >= 15 is 0 Å². The third kappa shape index (κ3) is 6.10. The summed E-state index contributed by atoms with van der Waals surface area (Å²) in [6, 6.07) is 0. The standard InChI is InChI=1S/2C7H9.Zr.2H/c2*1-2-7-5-3-4-6-7;;;/h2*3,5H,2,4H2,1H3;;;/q2*-1;+4;2*-1. The van der Waals surface area contributed by atoms with Gasteiger partial charge < -0.3 is 2.85 Å². The number of rotatable bonds is 2. The van der Waals surface area contributed by atoms with Crippen LogP contribution in [0, 0.1) is 12.2 Å². The van der Waals surface area contributed by atoms with Gasteiger partial charge in [0.1, 0.15) is 0 Å². The molecule has 0 radical (unpaired) electrons. The van der Waals surface area contributed by atoms with Crippen LogP contribution in [0.4, 0.5) is 0 Å². The summed E-state index contributed by atoms with van der Waals surface area (Å²) < 4.78 is 0. The molecule has 2 rings (SSSR count). The maximum absolute atomic E-state index is 3.21. The van der Waals surface area contributed by atoms with Crippen LogP contribution in [0.25, 0.3) is 0 Å². The first-order chi connectivity index (χ1) is 6.86. The summed E-state index contributed by atoms with van der Waals surface area (Å²) in [7, 11) is 0. The smallest absolute Gasteiger partial charge is 1.00 e. The Morgan fingerprint density at radius 1 is 1.00 bits per heavy atom. The number of hydrogen-bond acceptors (Lipinski definition) is 0. The van der Waals surface area contributed by atoms with Crippen LogP contribution in [0.5, 0.6) is 0 Å². The van der Waals surface area contributed by atoms with Gasteiger partial charge in [0, 0.05) is 0 Å². The summed E-state index contributed by atoms with van der Waals surface area (Å²) in [5.74, 6) is 0. The third-order valence-corrected chi connectivity index (χ3v) is 2.29. The van der Waals surface area contributed by atoms with Crippen molar-refractivity contribution < 1.29 is 29.1 Å². The fraction of sp³-hybridized carbons (Fsp3) is 0.429. The molecule has 0 atom stereocenters. The SMILES string of the molecule is CCC1=[C-]CC=C1.CCC1=[C-]CC=C1.[H-].[H-].[Zr+4]. The minimum Gasteiger partial charge on any atom is -1.00 e. The molecule has 0 aromatic rings. The van der Waals surface area contributed by atoms with Crippen molar-refractivity contribution in [1.82, 2.24) is 0 Å². The molecular weight excluding hydrogens is 259 g/mol. The van der Waals surface area contributed by atoms with Gasteiger partial charge in [0.15, 0.2) is 0 Å². The number of allylic oxidation sites excluding steroid dienone is 8. The Kier molecular flexibility index (Phi) is 9.00. The van der Waals surface area contributed by atoms with Crippen LogP contribution in [0.3, 0.4) is 0 Å². The summed E-state index contributed by atoms with van der Waals surface area (Å²) in [4.78, 5) is 0. The van der Waals surface area contributed by atoms with Crippen LogP contribution in [0.1, 0.15) is 42.4 Å². The maximum Gasteiger partial charge on any atom is 4.00 e. The predicted octanol–water partition coefficient (Wildman–Crippen LogP) is 4.39. The first kappa shape index (κ1) is 14.8. The van der Waals surface area contributed by atoms with Crippen LogP contribution < -0.4 is 0 Å². The molecule has 15 heavy (non-hydrogen) atoms. The van der Waals surface area contributed by atoms with E-state index in [1.54, 1.807) is 0 Å². The van der Waals surface area contributed by atoms with Crippen molar-refractivity contribution in [2.45, 2.75) is 39.5 Å². The average Bonchev–Trinajstić information content (AvgIpc) is 2.92. The molecule has 0 saturated heterocycles. The molecular formula is C14H20Zr. The molecule has 2 aliphatic carbocycles. The van der Waals surface area contributed by atoms with Gasteiger partial charge in [0.25, 0.3) is 0 Å². The fourth-order valence-corrected chi connectivity index (χ4v) is 1.39. The normalized spacial score (nSPS) is 16.4. The Morgan fingerprint density at radius 3 is 1.53 bits per heavy atom. The molecule has 0 bridgehead atoms. The van der Waals surface area contributed by atoms with Gasteiger partial charge in [-0.05, 0) is 0 Å². The van der Waals surface area contributed by atoms with Crippen LogP contribution >= 0.6 is 0 Å². The quantitative estimate of drug-likeness (QED) is 0.658. The van der Waals surface area contributed by atoms with E-state index in [-0.39, 0.29) is 29.1 Å².